The van der Waals surface area contributed by atoms with Gasteiger partial charge in [-0.3, -0.25) is 0 Å². The van der Waals surface area contributed by atoms with Crippen molar-refractivity contribution in [2.24, 2.45) is 0 Å². The highest BCUT2D eigenvalue weighted by Crippen LogP contribution is 2.25. The maximum atomic E-state index is 11.6. The average Bonchev–Trinajstić information content (AvgIpc) is 2.50. The molecule has 1 heterocycles. The van der Waals surface area contributed by atoms with Crippen molar-refractivity contribution in [2.45, 2.75) is 25.8 Å². The molecule has 1 aromatic rings. The molecule has 0 unspecified atom stereocenters. The van der Waals surface area contributed by atoms with Crippen molar-refractivity contribution >= 4 is 17.5 Å². The Balaban J connectivity index is 1.92. The molecule has 2 rings (SSSR count). The molecule has 1 saturated heterocycles. The van der Waals surface area contributed by atoms with Gasteiger partial charge < -0.3 is 20.7 Å². The molecule has 0 atom stereocenters. The molecule has 1 aliphatic heterocycles. The molecule has 1 aromatic carbocycles. The first-order valence-corrected chi connectivity index (χ1v) is 7.12. The quantitative estimate of drug-likeness (QED) is 0.832. The first-order valence-electron chi connectivity index (χ1n) is 7.12. The van der Waals surface area contributed by atoms with Gasteiger partial charge in [-0.05, 0) is 31.9 Å². The Morgan fingerprint density at radius 3 is 2.86 bits per heavy atom. The third kappa shape index (κ3) is 3.57. The van der Waals surface area contributed by atoms with Crippen molar-refractivity contribution in [3.63, 3.8) is 0 Å². The van der Waals surface area contributed by atoms with E-state index in [1.807, 2.05) is 12.1 Å². The summed E-state index contributed by atoms with van der Waals surface area (Å²) in [6.07, 6.45) is 1.41. The van der Waals surface area contributed by atoms with Crippen LogP contribution < -0.4 is 11.1 Å². The van der Waals surface area contributed by atoms with E-state index in [1.165, 1.54) is 0 Å². The number of hydrogen-bond acceptors (Lipinski definition) is 5. The minimum absolute atomic E-state index is 0.243. The zero-order valence-corrected chi connectivity index (χ0v) is 12.1. The number of carbonyl (C=O) groups excluding carboxylic acids is 1. The third-order valence-electron chi connectivity index (χ3n) is 3.61. The van der Waals surface area contributed by atoms with Gasteiger partial charge in [0.2, 0.25) is 0 Å². The predicted octanol–water partition coefficient (Wildman–Crippen LogP) is 2.17. The first kappa shape index (κ1) is 15.0. The lowest BCUT2D eigenvalue weighted by Gasteiger charge is -2.32. The number of likely N-dealkylation sites (tertiary alicyclic amines) is 1. The van der Waals surface area contributed by atoms with Crippen molar-refractivity contribution in [3.05, 3.63) is 23.8 Å². The number of ether oxygens (including phenoxy) is 1. The molecule has 6 nitrogen and oxygen atoms in total. The van der Waals surface area contributed by atoms with E-state index in [2.05, 4.69) is 11.4 Å². The van der Waals surface area contributed by atoms with Gasteiger partial charge in [-0.25, -0.2) is 4.79 Å². The van der Waals surface area contributed by atoms with E-state index in [1.54, 1.807) is 17.9 Å². The highest BCUT2D eigenvalue weighted by Gasteiger charge is 2.23. The molecule has 0 saturated carbocycles. The van der Waals surface area contributed by atoms with Gasteiger partial charge >= 0.3 is 6.09 Å². The Labute approximate surface area is 124 Å². The van der Waals surface area contributed by atoms with Gasteiger partial charge in [0.25, 0.3) is 0 Å². The molecular weight excluding hydrogens is 268 g/mol. The smallest absolute Gasteiger partial charge is 0.409 e. The molecule has 1 aliphatic rings. The number of nitrogen functional groups attached to an aromatic ring is 1. The number of hydrogen-bond donors (Lipinski definition) is 2. The molecule has 3 N–H and O–H groups in total. The van der Waals surface area contributed by atoms with Crippen molar-refractivity contribution < 1.29 is 9.53 Å². The lowest BCUT2D eigenvalue weighted by atomic mass is 10.0. The molecule has 0 bridgehead atoms. The van der Waals surface area contributed by atoms with Crippen LogP contribution in [0.4, 0.5) is 16.2 Å². The van der Waals surface area contributed by atoms with E-state index in [0.29, 0.717) is 30.9 Å². The number of benzene rings is 1. The first-order chi connectivity index (χ1) is 10.2. The summed E-state index contributed by atoms with van der Waals surface area (Å²) in [6.45, 7) is 3.52. The Kier molecular flexibility index (Phi) is 4.88. The minimum Gasteiger partial charge on any atom is -0.450 e. The van der Waals surface area contributed by atoms with E-state index in [-0.39, 0.29) is 12.1 Å². The topological polar surface area (TPSA) is 91.4 Å². The fourth-order valence-corrected chi connectivity index (χ4v) is 2.43. The molecule has 6 heteroatoms. The molecule has 0 radical (unpaired) electrons. The zero-order chi connectivity index (χ0) is 15.2. The number of anilines is 2. The van der Waals surface area contributed by atoms with Crippen LogP contribution in [0.25, 0.3) is 0 Å². The SMILES string of the molecule is CCOC(=O)N1CCC(Nc2cccc(C#N)c2N)CC1. The average molecular weight is 288 g/mol. The van der Waals surface area contributed by atoms with Crippen molar-refractivity contribution in [3.8, 4) is 6.07 Å². The van der Waals surface area contributed by atoms with Crippen LogP contribution in [0.1, 0.15) is 25.3 Å². The van der Waals surface area contributed by atoms with E-state index in [0.717, 1.165) is 18.5 Å². The van der Waals surface area contributed by atoms with Crippen molar-refractivity contribution in [2.75, 3.05) is 30.7 Å². The summed E-state index contributed by atoms with van der Waals surface area (Å²) >= 11 is 0. The number of para-hydroxylation sites is 1. The standard InChI is InChI=1S/C15H20N4O2/c1-2-21-15(20)19-8-6-12(7-9-19)18-13-5-3-4-11(10-16)14(13)17/h3-5,12,18H,2,6-9,17H2,1H3. The van der Waals surface area contributed by atoms with Gasteiger partial charge in [-0.2, -0.15) is 5.26 Å². The van der Waals surface area contributed by atoms with Gasteiger partial charge in [0.1, 0.15) is 6.07 Å². The maximum absolute atomic E-state index is 11.6. The number of amides is 1. The monoisotopic (exact) mass is 288 g/mol. The van der Waals surface area contributed by atoms with E-state index in [9.17, 15) is 4.79 Å². The van der Waals surface area contributed by atoms with Crippen LogP contribution in [0.3, 0.4) is 0 Å². The molecular formula is C15H20N4O2. The van der Waals surface area contributed by atoms with E-state index < -0.39 is 0 Å². The van der Waals surface area contributed by atoms with Crippen LogP contribution in [0.2, 0.25) is 0 Å². The maximum Gasteiger partial charge on any atom is 0.409 e. The number of nitriles is 1. The van der Waals surface area contributed by atoms with Gasteiger partial charge in [0, 0.05) is 19.1 Å². The molecule has 112 valence electrons. The van der Waals surface area contributed by atoms with Crippen LogP contribution in [0, 0.1) is 11.3 Å². The molecule has 1 fully saturated rings. The highest BCUT2D eigenvalue weighted by atomic mass is 16.6. The fraction of sp³-hybridized carbons (Fsp3) is 0.467. The second-order valence-electron chi connectivity index (χ2n) is 4.98. The number of nitrogens with zero attached hydrogens (tertiary/aromatic N) is 2. The normalized spacial score (nSPS) is 15.3. The van der Waals surface area contributed by atoms with Gasteiger partial charge in [-0.15, -0.1) is 0 Å². The summed E-state index contributed by atoms with van der Waals surface area (Å²) in [5.41, 5.74) is 7.69. The largest absolute Gasteiger partial charge is 0.450 e. The van der Waals surface area contributed by atoms with Gasteiger partial charge in [0.05, 0.1) is 23.5 Å². The van der Waals surface area contributed by atoms with Crippen LogP contribution in [-0.2, 0) is 4.74 Å². The second kappa shape index (κ2) is 6.84. The lowest BCUT2D eigenvalue weighted by Crippen LogP contribution is -2.42. The summed E-state index contributed by atoms with van der Waals surface area (Å²) in [7, 11) is 0. The Morgan fingerprint density at radius 1 is 1.52 bits per heavy atom. The van der Waals surface area contributed by atoms with E-state index >= 15 is 0 Å². The molecule has 1 amide bonds. The summed E-state index contributed by atoms with van der Waals surface area (Å²) in [4.78, 5) is 13.3. The fourth-order valence-electron chi connectivity index (χ4n) is 2.43. The summed E-state index contributed by atoms with van der Waals surface area (Å²) < 4.78 is 4.99. The van der Waals surface area contributed by atoms with Crippen molar-refractivity contribution in [1.29, 1.82) is 5.26 Å². The Morgan fingerprint density at radius 2 is 2.24 bits per heavy atom. The summed E-state index contributed by atoms with van der Waals surface area (Å²) in [5.74, 6) is 0. The molecule has 0 aromatic heterocycles. The van der Waals surface area contributed by atoms with Gasteiger partial charge in [0.15, 0.2) is 0 Å². The number of nitrogens with one attached hydrogen (secondary N) is 1. The van der Waals surface area contributed by atoms with Crippen LogP contribution in [0.5, 0.6) is 0 Å². The third-order valence-corrected chi connectivity index (χ3v) is 3.61. The van der Waals surface area contributed by atoms with Crippen molar-refractivity contribution in [1.82, 2.24) is 4.90 Å². The summed E-state index contributed by atoms with van der Waals surface area (Å²) in [5, 5.41) is 12.3. The predicted molar refractivity (Wildman–Crippen MR) is 80.8 cm³/mol. The van der Waals surface area contributed by atoms with Crippen LogP contribution in [-0.4, -0.2) is 36.7 Å². The van der Waals surface area contributed by atoms with Gasteiger partial charge in [-0.1, -0.05) is 6.07 Å². The lowest BCUT2D eigenvalue weighted by molar-refractivity contribution is 0.0983. The second-order valence-corrected chi connectivity index (χ2v) is 4.98. The molecule has 0 spiro atoms. The highest BCUT2D eigenvalue weighted by molar-refractivity contribution is 5.73. The molecule has 21 heavy (non-hydrogen) atoms. The number of rotatable bonds is 3. The van der Waals surface area contributed by atoms with Crippen LogP contribution in [0.15, 0.2) is 18.2 Å². The number of carbonyl (C=O) groups is 1. The summed E-state index contributed by atoms with van der Waals surface area (Å²) in [6, 6.07) is 7.69. The van der Waals surface area contributed by atoms with Crippen LogP contribution >= 0.6 is 0 Å². The molecule has 0 aliphatic carbocycles. The minimum atomic E-state index is -0.248. The number of piperidine rings is 1. The zero-order valence-electron chi connectivity index (χ0n) is 12.1. The van der Waals surface area contributed by atoms with E-state index in [4.69, 9.17) is 15.7 Å². The number of nitrogens with two attached hydrogens (primary N) is 1. The Hall–Kier alpha value is -2.42. The Bertz CT molecular complexity index is 545.